The molecule has 0 aliphatic carbocycles. The Hall–Kier alpha value is -3.25. The lowest BCUT2D eigenvalue weighted by molar-refractivity contribution is -0.117. The van der Waals surface area contributed by atoms with Crippen molar-refractivity contribution in [2.24, 2.45) is 0 Å². The summed E-state index contributed by atoms with van der Waals surface area (Å²) in [4.78, 5) is 30.4. The standard InChI is InChI=1S/C23H20N2O3S/c26-22(18-3-1-4-20(13-18)25-12-2-5-23(25)27)11-8-17-6-9-21(10-7-17)28-14-19-15-29-16-24-19/h1,3-4,6-11,13,15-16H,2,5,12,14H2/b11-8+. The van der Waals surface area contributed by atoms with E-state index < -0.39 is 0 Å². The molecule has 2 aromatic carbocycles. The van der Waals surface area contributed by atoms with E-state index in [1.165, 1.54) is 0 Å². The normalized spacial score (nSPS) is 13.9. The van der Waals surface area contributed by atoms with Gasteiger partial charge in [0.25, 0.3) is 0 Å². The highest BCUT2D eigenvalue weighted by Crippen LogP contribution is 2.23. The molecule has 0 spiro atoms. The molecular formula is C23H20N2O3S. The molecule has 0 unspecified atom stereocenters. The van der Waals surface area contributed by atoms with Gasteiger partial charge in [0.1, 0.15) is 12.4 Å². The third kappa shape index (κ3) is 4.78. The van der Waals surface area contributed by atoms with Crippen molar-refractivity contribution in [1.82, 2.24) is 4.98 Å². The summed E-state index contributed by atoms with van der Waals surface area (Å²) in [5.74, 6) is 0.772. The topological polar surface area (TPSA) is 59.5 Å². The fourth-order valence-corrected chi connectivity index (χ4v) is 3.70. The van der Waals surface area contributed by atoms with Crippen LogP contribution in [0.3, 0.4) is 0 Å². The molecule has 29 heavy (non-hydrogen) atoms. The van der Waals surface area contributed by atoms with E-state index in [2.05, 4.69) is 4.98 Å². The number of amides is 1. The molecule has 4 rings (SSSR count). The van der Waals surface area contributed by atoms with Crippen LogP contribution in [0, 0.1) is 0 Å². The summed E-state index contributed by atoms with van der Waals surface area (Å²) in [5.41, 5.74) is 4.95. The minimum atomic E-state index is -0.0950. The van der Waals surface area contributed by atoms with E-state index in [9.17, 15) is 9.59 Å². The maximum absolute atomic E-state index is 12.5. The third-order valence-corrected chi connectivity index (χ3v) is 5.33. The Morgan fingerprint density at radius 2 is 2.07 bits per heavy atom. The summed E-state index contributed by atoms with van der Waals surface area (Å²) in [6.07, 6.45) is 4.76. The summed E-state index contributed by atoms with van der Waals surface area (Å²) in [6, 6.07) is 14.8. The van der Waals surface area contributed by atoms with Gasteiger partial charge in [-0.1, -0.05) is 30.3 Å². The molecule has 0 radical (unpaired) electrons. The zero-order valence-corrected chi connectivity index (χ0v) is 16.6. The van der Waals surface area contributed by atoms with Gasteiger partial charge in [-0.2, -0.15) is 0 Å². The molecule has 0 bridgehead atoms. The number of carbonyl (C=O) groups excluding carboxylic acids is 2. The summed E-state index contributed by atoms with van der Waals surface area (Å²) in [6.45, 7) is 1.15. The Balaban J connectivity index is 1.38. The summed E-state index contributed by atoms with van der Waals surface area (Å²) < 4.78 is 5.69. The minimum Gasteiger partial charge on any atom is -0.487 e. The van der Waals surface area contributed by atoms with Crippen LogP contribution in [0.5, 0.6) is 5.75 Å². The largest absolute Gasteiger partial charge is 0.487 e. The van der Waals surface area contributed by atoms with Crippen molar-refractivity contribution in [3.8, 4) is 5.75 Å². The zero-order valence-electron chi connectivity index (χ0n) is 15.8. The van der Waals surface area contributed by atoms with E-state index in [1.807, 2.05) is 41.8 Å². The highest BCUT2D eigenvalue weighted by atomic mass is 32.1. The van der Waals surface area contributed by atoms with Gasteiger partial charge in [-0.15, -0.1) is 11.3 Å². The van der Waals surface area contributed by atoms with Gasteiger partial charge in [-0.25, -0.2) is 4.98 Å². The van der Waals surface area contributed by atoms with Gasteiger partial charge in [-0.05, 0) is 42.3 Å². The number of ether oxygens (including phenoxy) is 1. The molecule has 0 saturated carbocycles. The summed E-state index contributed by atoms with van der Waals surface area (Å²) in [7, 11) is 0. The number of ketones is 1. The molecule has 3 aromatic rings. The maximum atomic E-state index is 12.5. The molecular weight excluding hydrogens is 384 g/mol. The molecule has 1 aliphatic rings. The van der Waals surface area contributed by atoms with Gasteiger partial charge in [0.15, 0.2) is 5.78 Å². The third-order valence-electron chi connectivity index (χ3n) is 4.69. The molecule has 146 valence electrons. The molecule has 0 N–H and O–H groups in total. The Bertz CT molecular complexity index is 1030. The first-order chi connectivity index (χ1) is 14.2. The monoisotopic (exact) mass is 404 g/mol. The van der Waals surface area contributed by atoms with Crippen LogP contribution in [-0.2, 0) is 11.4 Å². The summed E-state index contributed by atoms with van der Waals surface area (Å²) in [5, 5.41) is 1.96. The number of allylic oxidation sites excluding steroid dienone is 1. The Morgan fingerprint density at radius 3 is 2.79 bits per heavy atom. The average Bonchev–Trinajstić information content (AvgIpc) is 3.43. The van der Waals surface area contributed by atoms with Gasteiger partial charge in [0.2, 0.25) is 5.91 Å². The molecule has 1 amide bonds. The predicted octanol–water partition coefficient (Wildman–Crippen LogP) is 4.75. The molecule has 0 atom stereocenters. The van der Waals surface area contributed by atoms with E-state index in [1.54, 1.807) is 46.0 Å². The van der Waals surface area contributed by atoms with Crippen molar-refractivity contribution in [2.75, 3.05) is 11.4 Å². The first kappa shape index (κ1) is 19.1. The van der Waals surface area contributed by atoms with Crippen LogP contribution in [0.15, 0.2) is 65.5 Å². The van der Waals surface area contributed by atoms with Gasteiger partial charge < -0.3 is 9.64 Å². The van der Waals surface area contributed by atoms with E-state index in [0.717, 1.165) is 29.1 Å². The Kier molecular flexibility index (Phi) is 5.81. The second-order valence-corrected chi connectivity index (χ2v) is 7.45. The zero-order chi connectivity index (χ0) is 20.1. The van der Waals surface area contributed by atoms with Crippen molar-refractivity contribution >= 4 is 34.8 Å². The number of nitrogens with zero attached hydrogens (tertiary/aromatic N) is 2. The van der Waals surface area contributed by atoms with Crippen LogP contribution in [0.25, 0.3) is 6.08 Å². The highest BCUT2D eigenvalue weighted by Gasteiger charge is 2.22. The van der Waals surface area contributed by atoms with Gasteiger partial charge in [0, 0.05) is 29.6 Å². The Morgan fingerprint density at radius 1 is 1.21 bits per heavy atom. The fraction of sp³-hybridized carbons (Fsp3) is 0.174. The number of rotatable bonds is 7. The van der Waals surface area contributed by atoms with E-state index in [0.29, 0.717) is 25.1 Å². The fourth-order valence-electron chi connectivity index (χ4n) is 3.16. The first-order valence-electron chi connectivity index (χ1n) is 9.42. The molecule has 1 aromatic heterocycles. The number of hydrogen-bond donors (Lipinski definition) is 0. The van der Waals surface area contributed by atoms with Crippen LogP contribution in [0.1, 0.15) is 34.5 Å². The quantitative estimate of drug-likeness (QED) is 0.421. The predicted molar refractivity (Wildman–Crippen MR) is 114 cm³/mol. The maximum Gasteiger partial charge on any atom is 0.227 e. The second kappa shape index (κ2) is 8.84. The second-order valence-electron chi connectivity index (χ2n) is 6.73. The molecule has 1 aliphatic heterocycles. The van der Waals surface area contributed by atoms with Gasteiger partial charge in [0.05, 0.1) is 11.2 Å². The number of aromatic nitrogens is 1. The highest BCUT2D eigenvalue weighted by molar-refractivity contribution is 7.07. The summed E-state index contributed by atoms with van der Waals surface area (Å²) >= 11 is 1.54. The number of anilines is 1. The minimum absolute atomic E-state index is 0.0950. The Labute approximate surface area is 173 Å². The van der Waals surface area contributed by atoms with Crippen molar-refractivity contribution in [1.29, 1.82) is 0 Å². The van der Waals surface area contributed by atoms with Crippen LogP contribution < -0.4 is 9.64 Å². The first-order valence-corrected chi connectivity index (χ1v) is 10.4. The lowest BCUT2D eigenvalue weighted by Gasteiger charge is -2.16. The van der Waals surface area contributed by atoms with Gasteiger partial charge in [-0.3, -0.25) is 9.59 Å². The molecule has 6 heteroatoms. The van der Waals surface area contributed by atoms with Crippen LogP contribution >= 0.6 is 11.3 Å². The number of hydrogen-bond acceptors (Lipinski definition) is 5. The molecule has 2 heterocycles. The lowest BCUT2D eigenvalue weighted by atomic mass is 10.1. The molecule has 1 saturated heterocycles. The molecule has 5 nitrogen and oxygen atoms in total. The van der Waals surface area contributed by atoms with Crippen molar-refractivity contribution in [3.63, 3.8) is 0 Å². The number of benzene rings is 2. The van der Waals surface area contributed by atoms with E-state index in [-0.39, 0.29) is 11.7 Å². The smallest absolute Gasteiger partial charge is 0.227 e. The van der Waals surface area contributed by atoms with Gasteiger partial charge >= 0.3 is 0 Å². The van der Waals surface area contributed by atoms with Crippen molar-refractivity contribution in [2.45, 2.75) is 19.4 Å². The van der Waals surface area contributed by atoms with Crippen molar-refractivity contribution < 1.29 is 14.3 Å². The van der Waals surface area contributed by atoms with Crippen LogP contribution in [0.2, 0.25) is 0 Å². The molecule has 1 fully saturated rings. The van der Waals surface area contributed by atoms with E-state index in [4.69, 9.17) is 4.74 Å². The SMILES string of the molecule is O=C(/C=C/c1ccc(OCc2cscn2)cc1)c1cccc(N2CCCC2=O)c1. The van der Waals surface area contributed by atoms with Crippen LogP contribution in [-0.4, -0.2) is 23.2 Å². The van der Waals surface area contributed by atoms with E-state index >= 15 is 0 Å². The average molecular weight is 404 g/mol. The number of carbonyl (C=O) groups is 2. The lowest BCUT2D eigenvalue weighted by Crippen LogP contribution is -2.23. The number of thiazole rings is 1. The van der Waals surface area contributed by atoms with Crippen LogP contribution in [0.4, 0.5) is 5.69 Å². The van der Waals surface area contributed by atoms with Crippen molar-refractivity contribution in [3.05, 3.63) is 82.3 Å².